The number of methoxy groups -OCH3 is 2. The molecule has 2 aromatic carbocycles. The maximum Gasteiger partial charge on any atom is 0.231 e. The van der Waals surface area contributed by atoms with Crippen LogP contribution in [-0.4, -0.2) is 77.1 Å². The number of carbonyl (C=O) groups excluding carboxylic acids is 2. The largest absolute Gasteiger partial charge is 0.493 e. The van der Waals surface area contributed by atoms with Crippen LogP contribution in [0, 0.1) is 5.92 Å². The highest BCUT2D eigenvalue weighted by molar-refractivity contribution is 6.00. The standard InChI is InChI=1S/C26H31N3O7/c1-32-21-5-3-17(11-23(21)33-2)20(28-7-9-34-10-8-28)14-27-26(31)18-12-25(30)29(15-18)19-4-6-22-24(13-19)36-16-35-22/h3-6,11,13,18,20H,7-10,12,14-16H2,1-2H3,(H,27,31). The lowest BCUT2D eigenvalue weighted by atomic mass is 10.0. The minimum absolute atomic E-state index is 0.0697. The van der Waals surface area contributed by atoms with E-state index in [0.29, 0.717) is 55.0 Å². The Morgan fingerprint density at radius 1 is 1.06 bits per heavy atom. The minimum atomic E-state index is -0.432. The molecule has 192 valence electrons. The first-order valence-electron chi connectivity index (χ1n) is 12.1. The molecule has 1 N–H and O–H groups in total. The highest BCUT2D eigenvalue weighted by Crippen LogP contribution is 2.37. The van der Waals surface area contributed by atoms with Crippen molar-refractivity contribution >= 4 is 17.5 Å². The Morgan fingerprint density at radius 3 is 2.61 bits per heavy atom. The van der Waals surface area contributed by atoms with Crippen LogP contribution in [0.15, 0.2) is 36.4 Å². The highest BCUT2D eigenvalue weighted by atomic mass is 16.7. The van der Waals surface area contributed by atoms with Crippen LogP contribution in [0.25, 0.3) is 0 Å². The SMILES string of the molecule is COc1ccc(C(CNC(=O)C2CC(=O)N(c3ccc4c(c3)OCO4)C2)N2CCOCC2)cc1OC. The van der Waals surface area contributed by atoms with Crippen LogP contribution in [0.2, 0.25) is 0 Å². The van der Waals surface area contributed by atoms with Crippen molar-refractivity contribution in [1.82, 2.24) is 10.2 Å². The third-order valence-corrected chi connectivity index (χ3v) is 6.91. The number of amides is 2. The van der Waals surface area contributed by atoms with Gasteiger partial charge in [0.2, 0.25) is 18.6 Å². The number of hydrogen-bond donors (Lipinski definition) is 1. The molecule has 3 aliphatic rings. The summed E-state index contributed by atoms with van der Waals surface area (Å²) in [6.07, 6.45) is 0.166. The van der Waals surface area contributed by atoms with Gasteiger partial charge in [0.05, 0.1) is 39.4 Å². The van der Waals surface area contributed by atoms with Crippen LogP contribution in [-0.2, 0) is 14.3 Å². The maximum absolute atomic E-state index is 13.2. The number of carbonyl (C=O) groups is 2. The molecule has 3 aliphatic heterocycles. The van der Waals surface area contributed by atoms with Gasteiger partial charge in [-0.25, -0.2) is 0 Å². The smallest absolute Gasteiger partial charge is 0.231 e. The first-order valence-corrected chi connectivity index (χ1v) is 12.1. The summed E-state index contributed by atoms with van der Waals surface area (Å²) in [5.74, 6) is 1.91. The van der Waals surface area contributed by atoms with Crippen molar-refractivity contribution in [2.45, 2.75) is 12.5 Å². The van der Waals surface area contributed by atoms with Crippen LogP contribution in [0.3, 0.4) is 0 Å². The average Bonchev–Trinajstić information content (AvgIpc) is 3.55. The van der Waals surface area contributed by atoms with Gasteiger partial charge in [-0.05, 0) is 29.8 Å². The third kappa shape index (κ3) is 4.91. The number of fused-ring (bicyclic) bond motifs is 1. The molecular weight excluding hydrogens is 466 g/mol. The topological polar surface area (TPSA) is 98.8 Å². The van der Waals surface area contributed by atoms with E-state index in [4.69, 9.17) is 23.7 Å². The van der Waals surface area contributed by atoms with Crippen molar-refractivity contribution in [1.29, 1.82) is 0 Å². The van der Waals surface area contributed by atoms with Gasteiger partial charge in [0.1, 0.15) is 0 Å². The predicted molar refractivity (Wildman–Crippen MR) is 131 cm³/mol. The van der Waals surface area contributed by atoms with E-state index >= 15 is 0 Å². The lowest BCUT2D eigenvalue weighted by Gasteiger charge is -2.35. The normalized spacial score (nSPS) is 20.3. The number of ether oxygens (including phenoxy) is 5. The summed E-state index contributed by atoms with van der Waals surface area (Å²) in [7, 11) is 3.21. The van der Waals surface area contributed by atoms with Crippen molar-refractivity contribution in [3.05, 3.63) is 42.0 Å². The first-order chi connectivity index (χ1) is 17.6. The fraction of sp³-hybridized carbons (Fsp3) is 0.462. The van der Waals surface area contributed by atoms with E-state index in [2.05, 4.69) is 10.2 Å². The second-order valence-corrected chi connectivity index (χ2v) is 8.97. The Bertz CT molecular complexity index is 1120. The van der Waals surface area contributed by atoms with Gasteiger partial charge in [0.15, 0.2) is 23.0 Å². The summed E-state index contributed by atoms with van der Waals surface area (Å²) in [6.45, 7) is 3.69. The van der Waals surface area contributed by atoms with E-state index in [1.54, 1.807) is 31.3 Å². The summed E-state index contributed by atoms with van der Waals surface area (Å²) in [5, 5.41) is 3.10. The minimum Gasteiger partial charge on any atom is -0.493 e. The van der Waals surface area contributed by atoms with E-state index in [9.17, 15) is 9.59 Å². The second kappa shape index (κ2) is 10.6. The summed E-state index contributed by atoms with van der Waals surface area (Å²) < 4.78 is 27.2. The molecule has 2 unspecified atom stereocenters. The molecule has 0 bridgehead atoms. The van der Waals surface area contributed by atoms with Crippen molar-refractivity contribution in [2.75, 3.05) is 65.3 Å². The molecule has 0 radical (unpaired) electrons. The number of benzene rings is 2. The number of rotatable bonds is 8. The summed E-state index contributed by atoms with van der Waals surface area (Å²) in [4.78, 5) is 29.9. The van der Waals surface area contributed by atoms with E-state index in [1.165, 1.54) is 0 Å². The molecule has 2 amide bonds. The van der Waals surface area contributed by atoms with E-state index in [-0.39, 0.29) is 31.1 Å². The van der Waals surface area contributed by atoms with Gasteiger partial charge in [0.25, 0.3) is 0 Å². The predicted octanol–water partition coefficient (Wildman–Crippen LogP) is 1.98. The van der Waals surface area contributed by atoms with Crippen LogP contribution >= 0.6 is 0 Å². The maximum atomic E-state index is 13.2. The Morgan fingerprint density at radius 2 is 1.83 bits per heavy atom. The lowest BCUT2D eigenvalue weighted by molar-refractivity contribution is -0.126. The van der Waals surface area contributed by atoms with Crippen molar-refractivity contribution in [3.63, 3.8) is 0 Å². The zero-order valence-corrected chi connectivity index (χ0v) is 20.5. The molecule has 0 aromatic heterocycles. The molecular formula is C26H31N3O7. The molecule has 36 heavy (non-hydrogen) atoms. The van der Waals surface area contributed by atoms with E-state index in [1.807, 2.05) is 24.3 Å². The zero-order valence-electron chi connectivity index (χ0n) is 20.5. The Balaban J connectivity index is 1.27. The number of nitrogens with zero attached hydrogens (tertiary/aromatic N) is 2. The molecule has 0 spiro atoms. The molecule has 5 rings (SSSR count). The number of nitrogens with one attached hydrogen (secondary N) is 1. The second-order valence-electron chi connectivity index (χ2n) is 8.97. The van der Waals surface area contributed by atoms with Gasteiger partial charge in [0, 0.05) is 44.4 Å². The van der Waals surface area contributed by atoms with Gasteiger partial charge < -0.3 is 33.9 Å². The van der Waals surface area contributed by atoms with Crippen molar-refractivity contribution in [3.8, 4) is 23.0 Å². The summed E-state index contributed by atoms with van der Waals surface area (Å²) in [5.41, 5.74) is 1.72. The van der Waals surface area contributed by atoms with Gasteiger partial charge >= 0.3 is 0 Å². The van der Waals surface area contributed by atoms with Crippen LogP contribution in [0.5, 0.6) is 23.0 Å². The van der Waals surface area contributed by atoms with Gasteiger partial charge in [-0.15, -0.1) is 0 Å². The van der Waals surface area contributed by atoms with Crippen molar-refractivity contribution < 1.29 is 33.3 Å². The van der Waals surface area contributed by atoms with Gasteiger partial charge in [-0.3, -0.25) is 14.5 Å². The molecule has 0 saturated carbocycles. The fourth-order valence-corrected chi connectivity index (χ4v) is 4.93. The third-order valence-electron chi connectivity index (χ3n) is 6.91. The van der Waals surface area contributed by atoms with Gasteiger partial charge in [-0.1, -0.05) is 6.07 Å². The molecule has 10 heteroatoms. The monoisotopic (exact) mass is 497 g/mol. The molecule has 2 atom stereocenters. The molecule has 2 fully saturated rings. The molecule has 2 saturated heterocycles. The Hall–Kier alpha value is -3.50. The van der Waals surface area contributed by atoms with Gasteiger partial charge in [-0.2, -0.15) is 0 Å². The lowest BCUT2D eigenvalue weighted by Crippen LogP contribution is -2.45. The van der Waals surface area contributed by atoms with Crippen LogP contribution < -0.4 is 29.2 Å². The summed E-state index contributed by atoms with van der Waals surface area (Å²) >= 11 is 0. The number of morpholine rings is 1. The Labute approximate surface area is 210 Å². The molecule has 10 nitrogen and oxygen atoms in total. The van der Waals surface area contributed by atoms with Crippen molar-refractivity contribution in [2.24, 2.45) is 5.92 Å². The highest BCUT2D eigenvalue weighted by Gasteiger charge is 2.36. The van der Waals surface area contributed by atoms with E-state index in [0.717, 1.165) is 18.7 Å². The summed E-state index contributed by atoms with van der Waals surface area (Å²) in [6, 6.07) is 11.1. The van der Waals surface area contributed by atoms with Crippen LogP contribution in [0.1, 0.15) is 18.0 Å². The average molecular weight is 498 g/mol. The molecule has 0 aliphatic carbocycles. The molecule has 2 aromatic rings. The molecule has 3 heterocycles. The van der Waals surface area contributed by atoms with Crippen LogP contribution in [0.4, 0.5) is 5.69 Å². The quantitative estimate of drug-likeness (QED) is 0.591. The Kier molecular flexibility index (Phi) is 7.15. The zero-order chi connectivity index (χ0) is 25.1. The number of anilines is 1. The fourth-order valence-electron chi connectivity index (χ4n) is 4.93. The van der Waals surface area contributed by atoms with E-state index < -0.39 is 5.92 Å². The number of hydrogen-bond acceptors (Lipinski definition) is 8. The first kappa shape index (κ1) is 24.2.